The molecule has 1 amide bonds. The lowest BCUT2D eigenvalue weighted by Gasteiger charge is -2.40. The fourth-order valence-electron chi connectivity index (χ4n) is 2.59. The van der Waals surface area contributed by atoms with Gasteiger partial charge in [-0.05, 0) is 45.4 Å². The van der Waals surface area contributed by atoms with E-state index in [1.165, 1.54) is 0 Å². The minimum atomic E-state index is -0.454. The molecule has 0 aromatic heterocycles. The smallest absolute Gasteiger partial charge is 0.410 e. The van der Waals surface area contributed by atoms with Crippen molar-refractivity contribution in [3.05, 3.63) is 0 Å². The molecule has 2 saturated heterocycles. The van der Waals surface area contributed by atoms with E-state index in [9.17, 15) is 9.90 Å². The quantitative estimate of drug-likeness (QED) is 0.795. The number of ether oxygens (including phenoxy) is 2. The Kier molecular flexibility index (Phi) is 4.06. The molecule has 19 heavy (non-hydrogen) atoms. The lowest BCUT2D eigenvalue weighted by molar-refractivity contribution is -0.00421. The maximum absolute atomic E-state index is 12.0. The van der Waals surface area contributed by atoms with E-state index in [0.29, 0.717) is 19.2 Å². The molecule has 1 N–H and O–H groups in total. The van der Waals surface area contributed by atoms with Gasteiger partial charge in [-0.1, -0.05) is 0 Å². The van der Waals surface area contributed by atoms with Crippen LogP contribution in [0.3, 0.4) is 0 Å². The predicted molar refractivity (Wildman–Crippen MR) is 70.9 cm³/mol. The highest BCUT2D eigenvalue weighted by atomic mass is 16.6. The standard InChI is InChI=1S/C14H25NO4/c1-13(2,3)19-12(17)15-6-4-14(10-16,5-7-15)8-11-9-18-11/h11,16H,4-10H2,1-3H3. The van der Waals surface area contributed by atoms with Crippen LogP contribution >= 0.6 is 0 Å². The van der Waals surface area contributed by atoms with E-state index in [1.807, 2.05) is 20.8 Å². The minimum Gasteiger partial charge on any atom is -0.444 e. The Morgan fingerprint density at radius 2 is 2.00 bits per heavy atom. The molecule has 2 fully saturated rings. The predicted octanol–water partition coefficient (Wildman–Crippen LogP) is 1.78. The van der Waals surface area contributed by atoms with Crippen molar-refractivity contribution in [1.82, 2.24) is 4.90 Å². The van der Waals surface area contributed by atoms with E-state index < -0.39 is 5.60 Å². The van der Waals surface area contributed by atoms with Gasteiger partial charge in [-0.3, -0.25) is 0 Å². The number of hydrogen-bond donors (Lipinski definition) is 1. The Labute approximate surface area is 114 Å². The number of carbonyl (C=O) groups is 1. The molecule has 0 aromatic carbocycles. The summed E-state index contributed by atoms with van der Waals surface area (Å²) in [6, 6.07) is 0. The minimum absolute atomic E-state index is 0.0698. The fraction of sp³-hybridized carbons (Fsp3) is 0.929. The second kappa shape index (κ2) is 5.29. The highest BCUT2D eigenvalue weighted by Gasteiger charge is 2.41. The molecule has 0 spiro atoms. The zero-order valence-corrected chi connectivity index (χ0v) is 12.1. The van der Waals surface area contributed by atoms with E-state index >= 15 is 0 Å². The summed E-state index contributed by atoms with van der Waals surface area (Å²) in [5, 5.41) is 9.64. The number of nitrogens with zero attached hydrogens (tertiary/aromatic N) is 1. The summed E-state index contributed by atoms with van der Waals surface area (Å²) in [5.74, 6) is 0. The van der Waals surface area contributed by atoms with Gasteiger partial charge in [0.2, 0.25) is 0 Å². The number of amides is 1. The third-order valence-electron chi connectivity index (χ3n) is 3.87. The molecule has 0 aromatic rings. The first-order valence-electron chi connectivity index (χ1n) is 7.04. The van der Waals surface area contributed by atoms with Crippen LogP contribution in [0.2, 0.25) is 0 Å². The Balaban J connectivity index is 1.85. The van der Waals surface area contributed by atoms with Gasteiger partial charge in [0.15, 0.2) is 0 Å². The number of aliphatic hydroxyl groups is 1. The van der Waals surface area contributed by atoms with E-state index in [0.717, 1.165) is 25.9 Å². The van der Waals surface area contributed by atoms with Crippen LogP contribution in [0.5, 0.6) is 0 Å². The summed E-state index contributed by atoms with van der Waals surface area (Å²) < 4.78 is 10.6. The summed E-state index contributed by atoms with van der Waals surface area (Å²) in [6.45, 7) is 7.92. The topological polar surface area (TPSA) is 62.3 Å². The van der Waals surface area contributed by atoms with Crippen LogP contribution in [0, 0.1) is 5.41 Å². The third-order valence-corrected chi connectivity index (χ3v) is 3.87. The third kappa shape index (κ3) is 4.08. The van der Waals surface area contributed by atoms with Crippen molar-refractivity contribution in [1.29, 1.82) is 0 Å². The molecule has 0 aliphatic carbocycles. The number of hydrogen-bond acceptors (Lipinski definition) is 4. The Morgan fingerprint density at radius 1 is 1.42 bits per heavy atom. The van der Waals surface area contributed by atoms with Gasteiger partial charge in [0.05, 0.1) is 12.7 Å². The van der Waals surface area contributed by atoms with E-state index in [4.69, 9.17) is 9.47 Å². The summed E-state index contributed by atoms with van der Waals surface area (Å²) in [6.07, 6.45) is 2.62. The first-order chi connectivity index (χ1) is 8.84. The van der Waals surface area contributed by atoms with E-state index in [1.54, 1.807) is 4.90 Å². The Bertz CT molecular complexity index is 325. The van der Waals surface area contributed by atoms with Gasteiger partial charge >= 0.3 is 6.09 Å². The van der Waals surface area contributed by atoms with E-state index in [2.05, 4.69) is 0 Å². The van der Waals surface area contributed by atoms with Crippen LogP contribution in [0.15, 0.2) is 0 Å². The van der Waals surface area contributed by atoms with Gasteiger partial charge in [0, 0.05) is 19.7 Å². The van der Waals surface area contributed by atoms with Crippen molar-refractivity contribution in [3.63, 3.8) is 0 Å². The van der Waals surface area contributed by atoms with Crippen LogP contribution in [0.4, 0.5) is 4.79 Å². The van der Waals surface area contributed by atoms with Crippen LogP contribution in [0.1, 0.15) is 40.0 Å². The van der Waals surface area contributed by atoms with Crippen molar-refractivity contribution >= 4 is 6.09 Å². The molecule has 1 unspecified atom stereocenters. The van der Waals surface area contributed by atoms with Crippen molar-refractivity contribution < 1.29 is 19.4 Å². The molecule has 2 heterocycles. The van der Waals surface area contributed by atoms with Gasteiger partial charge in [-0.2, -0.15) is 0 Å². The second-order valence-electron chi connectivity index (χ2n) is 6.78. The number of aliphatic hydroxyl groups excluding tert-OH is 1. The number of epoxide rings is 1. The number of piperidine rings is 1. The monoisotopic (exact) mass is 271 g/mol. The van der Waals surface area contributed by atoms with Crippen molar-refractivity contribution in [2.24, 2.45) is 5.41 Å². The summed E-state index contributed by atoms with van der Waals surface area (Å²) >= 11 is 0. The van der Waals surface area contributed by atoms with Gasteiger partial charge in [0.1, 0.15) is 5.60 Å². The van der Waals surface area contributed by atoms with Crippen LogP contribution in [-0.4, -0.2) is 54.1 Å². The average molecular weight is 271 g/mol. The van der Waals surface area contributed by atoms with Crippen molar-refractivity contribution in [2.75, 3.05) is 26.3 Å². The van der Waals surface area contributed by atoms with Gasteiger partial charge < -0.3 is 19.5 Å². The average Bonchev–Trinajstić information content (AvgIpc) is 3.11. The molecule has 0 bridgehead atoms. The number of carbonyl (C=O) groups excluding carboxylic acids is 1. The SMILES string of the molecule is CC(C)(C)OC(=O)N1CCC(CO)(CC2CO2)CC1. The highest BCUT2D eigenvalue weighted by molar-refractivity contribution is 5.68. The molecule has 2 rings (SSSR count). The maximum atomic E-state index is 12.0. The molecule has 2 aliphatic heterocycles. The van der Waals surface area contributed by atoms with Crippen LogP contribution in [0.25, 0.3) is 0 Å². The van der Waals surface area contributed by atoms with Crippen LogP contribution in [-0.2, 0) is 9.47 Å². The zero-order valence-electron chi connectivity index (χ0n) is 12.1. The second-order valence-corrected chi connectivity index (χ2v) is 6.78. The lowest BCUT2D eigenvalue weighted by atomic mass is 9.75. The Morgan fingerprint density at radius 3 is 2.42 bits per heavy atom. The summed E-state index contributed by atoms with van der Waals surface area (Å²) in [5.41, 5.74) is -0.524. The summed E-state index contributed by atoms with van der Waals surface area (Å²) in [4.78, 5) is 13.7. The molecule has 1 atom stereocenters. The maximum Gasteiger partial charge on any atom is 0.410 e. The molecule has 5 nitrogen and oxygen atoms in total. The molecule has 110 valence electrons. The van der Waals surface area contributed by atoms with Gasteiger partial charge in [-0.25, -0.2) is 4.79 Å². The molecular weight excluding hydrogens is 246 g/mol. The molecule has 5 heteroatoms. The van der Waals surface area contributed by atoms with Gasteiger partial charge in [0.25, 0.3) is 0 Å². The van der Waals surface area contributed by atoms with Crippen molar-refractivity contribution in [3.8, 4) is 0 Å². The fourth-order valence-corrected chi connectivity index (χ4v) is 2.59. The van der Waals surface area contributed by atoms with E-state index in [-0.39, 0.29) is 18.1 Å². The largest absolute Gasteiger partial charge is 0.444 e. The zero-order chi connectivity index (χ0) is 14.1. The van der Waals surface area contributed by atoms with Gasteiger partial charge in [-0.15, -0.1) is 0 Å². The number of likely N-dealkylation sites (tertiary alicyclic amines) is 1. The van der Waals surface area contributed by atoms with Crippen molar-refractivity contribution in [2.45, 2.75) is 51.7 Å². The first-order valence-corrected chi connectivity index (χ1v) is 7.04. The first kappa shape index (κ1) is 14.6. The molecule has 0 saturated carbocycles. The summed E-state index contributed by atoms with van der Waals surface area (Å²) in [7, 11) is 0. The highest BCUT2D eigenvalue weighted by Crippen LogP contribution is 2.39. The molecular formula is C14H25NO4. The normalized spacial score (nSPS) is 26.1. The lowest BCUT2D eigenvalue weighted by Crippen LogP contribution is -2.46. The Hall–Kier alpha value is -0.810. The molecule has 2 aliphatic rings. The number of rotatable bonds is 3. The van der Waals surface area contributed by atoms with Crippen LogP contribution < -0.4 is 0 Å². The molecule has 0 radical (unpaired) electrons.